The number of hydrogen-bond acceptors (Lipinski definition) is 4. The van der Waals surface area contributed by atoms with Gasteiger partial charge in [0, 0.05) is 0 Å². The Hall–Kier alpha value is -0.310. The van der Waals surface area contributed by atoms with Gasteiger partial charge in [-0.05, 0) is 0 Å². The summed E-state index contributed by atoms with van der Waals surface area (Å²) in [6, 6.07) is 0. The van der Waals surface area contributed by atoms with Gasteiger partial charge in [0.1, 0.15) is 6.35 Å². The van der Waals surface area contributed by atoms with Crippen molar-refractivity contribution in [1.29, 1.82) is 0 Å². The third kappa shape index (κ3) is 7.91. The molecule has 0 saturated carbocycles. The monoisotopic (exact) mass is 276 g/mol. The maximum Gasteiger partial charge on any atom is 0.412 e. The number of alkyl halides is 6. The van der Waals surface area contributed by atoms with E-state index >= 15 is 0 Å². The minimum atomic E-state index is -4.88. The van der Waals surface area contributed by atoms with Crippen molar-refractivity contribution in [3.63, 3.8) is 0 Å². The molecule has 98 valence electrons. The Kier molecular flexibility index (Phi) is 5.24. The zero-order chi connectivity index (χ0) is 13.0. The molecule has 4 nitrogen and oxygen atoms in total. The molecule has 1 N–H and O–H groups in total. The van der Waals surface area contributed by atoms with Crippen molar-refractivity contribution in [3.05, 3.63) is 0 Å². The molecule has 0 aromatic carbocycles. The molecule has 16 heavy (non-hydrogen) atoms. The first-order valence-electron chi connectivity index (χ1n) is 3.60. The molecule has 0 rings (SSSR count). The quantitative estimate of drug-likeness (QED) is 0.618. The molecule has 0 spiro atoms. The van der Waals surface area contributed by atoms with Crippen LogP contribution in [0.25, 0.3) is 0 Å². The van der Waals surface area contributed by atoms with Crippen LogP contribution in [0.15, 0.2) is 0 Å². The largest absolute Gasteiger partial charge is 0.412 e. The van der Waals surface area contributed by atoms with Crippen LogP contribution >= 0.6 is 7.60 Å². The summed E-state index contributed by atoms with van der Waals surface area (Å²) in [6.45, 7) is -4.13. The Labute approximate surface area is 85.7 Å². The van der Waals surface area contributed by atoms with Crippen molar-refractivity contribution >= 4 is 7.60 Å². The SMILES string of the molecule is O=P(CO)(OCC(F)(F)F)OCC(F)(F)F. The number of hydrogen-bond donors (Lipinski definition) is 1. The normalized spacial score (nSPS) is 14.2. The number of rotatable bonds is 5. The van der Waals surface area contributed by atoms with E-state index in [1.54, 1.807) is 0 Å². The lowest BCUT2D eigenvalue weighted by molar-refractivity contribution is -0.166. The molecule has 0 aliphatic rings. The number of halogens is 6. The molecule has 0 saturated heterocycles. The van der Waals surface area contributed by atoms with Crippen LogP contribution in [-0.2, 0) is 13.6 Å². The molecule has 11 heteroatoms. The van der Waals surface area contributed by atoms with Crippen molar-refractivity contribution in [2.75, 3.05) is 19.6 Å². The summed E-state index contributed by atoms with van der Waals surface area (Å²) in [5, 5.41) is 8.33. The van der Waals surface area contributed by atoms with E-state index in [0.717, 1.165) is 0 Å². The summed E-state index contributed by atoms with van der Waals surface area (Å²) in [6.07, 6.45) is -11.3. The maximum absolute atomic E-state index is 11.6. The van der Waals surface area contributed by atoms with Gasteiger partial charge in [-0.15, -0.1) is 0 Å². The maximum atomic E-state index is 11.6. The Morgan fingerprint density at radius 1 is 0.938 bits per heavy atom. The van der Waals surface area contributed by atoms with Crippen LogP contribution in [-0.4, -0.2) is 37.0 Å². The molecule has 0 heterocycles. The zero-order valence-electron chi connectivity index (χ0n) is 7.51. The van der Waals surface area contributed by atoms with Gasteiger partial charge in [-0.1, -0.05) is 0 Å². The van der Waals surface area contributed by atoms with Crippen molar-refractivity contribution in [2.24, 2.45) is 0 Å². The summed E-state index contributed by atoms with van der Waals surface area (Å²) in [4.78, 5) is 0. The molecule has 0 radical (unpaired) electrons. The predicted octanol–water partition coefficient (Wildman–Crippen LogP) is 2.29. The number of aliphatic hydroxyl groups excluding tert-OH is 1. The molecule has 0 aromatic rings. The third-order valence-corrected chi connectivity index (χ3v) is 2.41. The van der Waals surface area contributed by atoms with E-state index in [4.69, 9.17) is 5.11 Å². The molecule has 0 bridgehead atoms. The average Bonchev–Trinajstić information content (AvgIpc) is 2.09. The van der Waals surface area contributed by atoms with Gasteiger partial charge in [0.25, 0.3) is 0 Å². The third-order valence-electron chi connectivity index (χ3n) is 1.02. The first kappa shape index (κ1) is 15.7. The van der Waals surface area contributed by atoms with Crippen molar-refractivity contribution < 1.29 is 45.1 Å². The molecule has 0 fully saturated rings. The summed E-state index contributed by atoms with van der Waals surface area (Å²) in [5.41, 5.74) is 0. The fraction of sp³-hybridized carbons (Fsp3) is 1.00. The lowest BCUT2D eigenvalue weighted by Crippen LogP contribution is -2.20. The van der Waals surface area contributed by atoms with Crippen LogP contribution < -0.4 is 0 Å². The zero-order valence-corrected chi connectivity index (χ0v) is 8.40. The van der Waals surface area contributed by atoms with Gasteiger partial charge in [-0.2, -0.15) is 26.3 Å². The Bertz CT molecular complexity index is 239. The second kappa shape index (κ2) is 5.35. The smallest absolute Gasteiger partial charge is 0.384 e. The van der Waals surface area contributed by atoms with Crippen LogP contribution in [0.3, 0.4) is 0 Å². The van der Waals surface area contributed by atoms with Gasteiger partial charge >= 0.3 is 19.9 Å². The second-order valence-corrected chi connectivity index (χ2v) is 4.55. The highest BCUT2D eigenvalue weighted by atomic mass is 31.2. The van der Waals surface area contributed by atoms with Crippen LogP contribution in [0.5, 0.6) is 0 Å². The fourth-order valence-electron chi connectivity index (χ4n) is 0.462. The summed E-state index contributed by atoms with van der Waals surface area (Å²) >= 11 is 0. The summed E-state index contributed by atoms with van der Waals surface area (Å²) in [7, 11) is -4.78. The summed E-state index contributed by atoms with van der Waals surface area (Å²) < 4.78 is 87.7. The fourth-order valence-corrected chi connectivity index (χ4v) is 1.39. The first-order valence-corrected chi connectivity index (χ1v) is 5.33. The van der Waals surface area contributed by atoms with Crippen LogP contribution in [0.2, 0.25) is 0 Å². The van der Waals surface area contributed by atoms with Crippen LogP contribution in [0, 0.1) is 0 Å². The molecule has 0 aliphatic carbocycles. The number of aliphatic hydroxyl groups is 1. The molecule has 0 aliphatic heterocycles. The van der Waals surface area contributed by atoms with Gasteiger partial charge in [-0.3, -0.25) is 13.6 Å². The average molecular weight is 276 g/mol. The second-order valence-electron chi connectivity index (χ2n) is 2.53. The van der Waals surface area contributed by atoms with E-state index in [1.807, 2.05) is 0 Å². The highest BCUT2D eigenvalue weighted by molar-refractivity contribution is 7.53. The predicted molar refractivity (Wildman–Crippen MR) is 38.7 cm³/mol. The summed E-state index contributed by atoms with van der Waals surface area (Å²) in [5.74, 6) is 0. The van der Waals surface area contributed by atoms with E-state index < -0.39 is 39.5 Å². The lowest BCUT2D eigenvalue weighted by Gasteiger charge is -2.18. The van der Waals surface area contributed by atoms with Crippen LogP contribution in [0.1, 0.15) is 0 Å². The van der Waals surface area contributed by atoms with Gasteiger partial charge < -0.3 is 5.11 Å². The van der Waals surface area contributed by atoms with E-state index in [9.17, 15) is 30.9 Å². The van der Waals surface area contributed by atoms with Gasteiger partial charge in [0.05, 0.1) is 0 Å². The highest BCUT2D eigenvalue weighted by Crippen LogP contribution is 2.49. The Morgan fingerprint density at radius 2 is 1.25 bits per heavy atom. The van der Waals surface area contributed by atoms with Gasteiger partial charge in [0.2, 0.25) is 0 Å². The van der Waals surface area contributed by atoms with Crippen molar-refractivity contribution in [2.45, 2.75) is 12.4 Å². The minimum Gasteiger partial charge on any atom is -0.384 e. The first-order chi connectivity index (χ1) is 6.97. The van der Waals surface area contributed by atoms with E-state index in [0.29, 0.717) is 0 Å². The minimum absolute atomic E-state index is 1.57. The standard InChI is InChI=1S/C5H7F6O4P/c6-4(7,8)1-14-16(13,3-12)15-2-5(9,10)11/h12H,1-3H2. The van der Waals surface area contributed by atoms with E-state index in [2.05, 4.69) is 9.05 Å². The van der Waals surface area contributed by atoms with Crippen molar-refractivity contribution in [3.8, 4) is 0 Å². The highest BCUT2D eigenvalue weighted by Gasteiger charge is 2.37. The van der Waals surface area contributed by atoms with Gasteiger partial charge in [0.15, 0.2) is 13.2 Å². The molecule has 0 unspecified atom stereocenters. The molecule has 0 aromatic heterocycles. The molecular weight excluding hydrogens is 269 g/mol. The van der Waals surface area contributed by atoms with Crippen molar-refractivity contribution in [1.82, 2.24) is 0 Å². The Balaban J connectivity index is 4.28. The lowest BCUT2D eigenvalue weighted by atomic mass is 10.7. The molecule has 0 atom stereocenters. The van der Waals surface area contributed by atoms with E-state index in [1.165, 1.54) is 0 Å². The molecular formula is C5H7F6O4P. The Morgan fingerprint density at radius 3 is 1.44 bits per heavy atom. The topological polar surface area (TPSA) is 55.8 Å². The van der Waals surface area contributed by atoms with Gasteiger partial charge in [-0.25, -0.2) is 0 Å². The molecule has 0 amide bonds. The van der Waals surface area contributed by atoms with E-state index in [-0.39, 0.29) is 0 Å². The van der Waals surface area contributed by atoms with Crippen LogP contribution in [0.4, 0.5) is 26.3 Å².